The molecule has 1 N–H and O–H groups in total. The molecule has 3 aromatic rings. The molecular weight excluding hydrogens is 432 g/mol. The number of anilines is 1. The van der Waals surface area contributed by atoms with Crippen molar-refractivity contribution in [2.45, 2.75) is 19.8 Å². The van der Waals surface area contributed by atoms with E-state index in [-0.39, 0.29) is 11.8 Å². The second-order valence-corrected chi connectivity index (χ2v) is 7.63. The van der Waals surface area contributed by atoms with E-state index < -0.39 is 0 Å². The maximum Gasteiger partial charge on any atom is 0.274 e. The Morgan fingerprint density at radius 2 is 1.94 bits per heavy atom. The summed E-state index contributed by atoms with van der Waals surface area (Å²) in [6.45, 7) is 2.95. The Morgan fingerprint density at radius 3 is 2.71 bits per heavy atom. The molecule has 0 aliphatic carbocycles. The summed E-state index contributed by atoms with van der Waals surface area (Å²) in [4.78, 5) is 29.7. The molecule has 34 heavy (non-hydrogen) atoms. The van der Waals surface area contributed by atoms with Crippen LogP contribution in [0.5, 0.6) is 11.5 Å². The summed E-state index contributed by atoms with van der Waals surface area (Å²) in [6.07, 6.45) is 3.10. The van der Waals surface area contributed by atoms with Gasteiger partial charge in [0, 0.05) is 29.6 Å². The first-order valence-electron chi connectivity index (χ1n) is 11.1. The standard InChI is InChI=1S/C26H26N4O4/c1-3-34-24-17-18(12-13-23(24)33-2)21-11-7-15-30(29-21)26(32)19-8-6-9-20(16-19)28-25(31)22-10-4-5-14-27-22/h4-6,8-10,12-14,16-17H,3,7,11,15H2,1-2H3,(H,28,31). The van der Waals surface area contributed by atoms with Gasteiger partial charge in [0.25, 0.3) is 11.8 Å². The van der Waals surface area contributed by atoms with E-state index in [1.54, 1.807) is 55.8 Å². The highest BCUT2D eigenvalue weighted by Gasteiger charge is 2.22. The van der Waals surface area contributed by atoms with Gasteiger partial charge in [0.2, 0.25) is 0 Å². The van der Waals surface area contributed by atoms with Gasteiger partial charge in [0.15, 0.2) is 11.5 Å². The van der Waals surface area contributed by atoms with Crippen LogP contribution in [-0.4, -0.2) is 47.8 Å². The molecule has 0 unspecified atom stereocenters. The highest BCUT2D eigenvalue weighted by molar-refractivity contribution is 6.05. The molecule has 0 saturated carbocycles. The zero-order chi connectivity index (χ0) is 23.9. The summed E-state index contributed by atoms with van der Waals surface area (Å²) in [5.41, 5.74) is 2.95. The van der Waals surface area contributed by atoms with E-state index >= 15 is 0 Å². The van der Waals surface area contributed by atoms with Crippen molar-refractivity contribution in [1.82, 2.24) is 9.99 Å². The predicted molar refractivity (Wildman–Crippen MR) is 130 cm³/mol. The number of pyridine rings is 1. The number of aromatic nitrogens is 1. The molecule has 0 bridgehead atoms. The number of rotatable bonds is 7. The number of carbonyl (C=O) groups excluding carboxylic acids is 2. The second kappa shape index (κ2) is 10.6. The van der Waals surface area contributed by atoms with Crippen LogP contribution in [-0.2, 0) is 0 Å². The van der Waals surface area contributed by atoms with Gasteiger partial charge in [-0.05, 0) is 68.3 Å². The van der Waals surface area contributed by atoms with E-state index in [2.05, 4.69) is 15.4 Å². The third-order valence-corrected chi connectivity index (χ3v) is 5.32. The summed E-state index contributed by atoms with van der Waals surface area (Å²) < 4.78 is 11.0. The van der Waals surface area contributed by atoms with E-state index in [0.29, 0.717) is 41.6 Å². The lowest BCUT2D eigenvalue weighted by Gasteiger charge is -2.24. The lowest BCUT2D eigenvalue weighted by atomic mass is 10.0. The minimum atomic E-state index is -0.340. The molecule has 0 fully saturated rings. The van der Waals surface area contributed by atoms with Crippen LogP contribution < -0.4 is 14.8 Å². The minimum absolute atomic E-state index is 0.232. The maximum atomic E-state index is 13.2. The highest BCUT2D eigenvalue weighted by Crippen LogP contribution is 2.29. The Bertz CT molecular complexity index is 1210. The van der Waals surface area contributed by atoms with Gasteiger partial charge in [0.05, 0.1) is 19.4 Å². The van der Waals surface area contributed by atoms with Crippen molar-refractivity contribution in [2.75, 3.05) is 25.6 Å². The van der Waals surface area contributed by atoms with Crippen molar-refractivity contribution < 1.29 is 19.1 Å². The van der Waals surface area contributed by atoms with Gasteiger partial charge in [-0.1, -0.05) is 12.1 Å². The minimum Gasteiger partial charge on any atom is -0.493 e. The normalized spacial score (nSPS) is 13.1. The number of amides is 2. The number of methoxy groups -OCH3 is 1. The molecule has 0 radical (unpaired) electrons. The molecule has 4 rings (SSSR count). The van der Waals surface area contributed by atoms with Crippen LogP contribution in [0.2, 0.25) is 0 Å². The first-order chi connectivity index (χ1) is 16.6. The molecule has 2 aromatic carbocycles. The lowest BCUT2D eigenvalue weighted by molar-refractivity contribution is 0.0751. The molecule has 2 amide bonds. The van der Waals surface area contributed by atoms with Crippen molar-refractivity contribution >= 4 is 23.2 Å². The van der Waals surface area contributed by atoms with Crippen molar-refractivity contribution in [3.05, 3.63) is 83.7 Å². The average molecular weight is 459 g/mol. The van der Waals surface area contributed by atoms with Crippen LogP contribution in [0.3, 0.4) is 0 Å². The zero-order valence-electron chi connectivity index (χ0n) is 19.2. The predicted octanol–water partition coefficient (Wildman–Crippen LogP) is 4.38. The van der Waals surface area contributed by atoms with Gasteiger partial charge in [0.1, 0.15) is 5.69 Å². The van der Waals surface area contributed by atoms with Crippen LogP contribution in [0.25, 0.3) is 0 Å². The van der Waals surface area contributed by atoms with Crippen LogP contribution in [0.15, 0.2) is 72.0 Å². The first-order valence-corrected chi connectivity index (χ1v) is 11.1. The van der Waals surface area contributed by atoms with Crippen LogP contribution in [0, 0.1) is 0 Å². The van der Waals surface area contributed by atoms with Crippen molar-refractivity contribution in [1.29, 1.82) is 0 Å². The average Bonchev–Trinajstić information content (AvgIpc) is 2.89. The molecule has 1 aliphatic heterocycles. The smallest absolute Gasteiger partial charge is 0.274 e. The van der Waals surface area contributed by atoms with Crippen LogP contribution >= 0.6 is 0 Å². The fourth-order valence-corrected chi connectivity index (χ4v) is 3.69. The summed E-state index contributed by atoms with van der Waals surface area (Å²) in [6, 6.07) is 17.6. The number of nitrogens with one attached hydrogen (secondary N) is 1. The molecule has 1 aliphatic rings. The third-order valence-electron chi connectivity index (χ3n) is 5.32. The van der Waals surface area contributed by atoms with Gasteiger partial charge in [-0.15, -0.1) is 0 Å². The largest absolute Gasteiger partial charge is 0.493 e. The molecule has 0 spiro atoms. The van der Waals surface area contributed by atoms with Crippen molar-refractivity contribution in [2.24, 2.45) is 5.10 Å². The van der Waals surface area contributed by atoms with Gasteiger partial charge >= 0.3 is 0 Å². The molecule has 1 aromatic heterocycles. The number of hydrogen-bond donors (Lipinski definition) is 1. The number of ether oxygens (including phenoxy) is 2. The molecule has 0 atom stereocenters. The molecule has 8 nitrogen and oxygen atoms in total. The van der Waals surface area contributed by atoms with E-state index in [1.165, 1.54) is 5.01 Å². The molecule has 8 heteroatoms. The maximum absolute atomic E-state index is 13.2. The lowest BCUT2D eigenvalue weighted by Crippen LogP contribution is -2.32. The van der Waals surface area contributed by atoms with Crippen LogP contribution in [0.4, 0.5) is 5.69 Å². The second-order valence-electron chi connectivity index (χ2n) is 7.63. The molecular formula is C26H26N4O4. The number of carbonyl (C=O) groups is 2. The van der Waals surface area contributed by atoms with E-state index in [1.807, 2.05) is 25.1 Å². The first kappa shape index (κ1) is 23.0. The SMILES string of the molecule is CCOc1cc(C2=NN(C(=O)c3cccc(NC(=O)c4ccccn4)c3)CCC2)ccc1OC. The monoisotopic (exact) mass is 458 g/mol. The summed E-state index contributed by atoms with van der Waals surface area (Å²) in [5.74, 6) is 0.724. The Kier molecular flexibility index (Phi) is 7.17. The third kappa shape index (κ3) is 5.23. The molecule has 2 heterocycles. The van der Waals surface area contributed by atoms with E-state index in [4.69, 9.17) is 9.47 Å². The Labute approximate surface area is 198 Å². The van der Waals surface area contributed by atoms with Crippen LogP contribution in [0.1, 0.15) is 46.2 Å². The highest BCUT2D eigenvalue weighted by atomic mass is 16.5. The number of nitrogens with zero attached hydrogens (tertiary/aromatic N) is 3. The van der Waals surface area contributed by atoms with Gasteiger partial charge in [-0.25, -0.2) is 5.01 Å². The van der Waals surface area contributed by atoms with Gasteiger partial charge in [-0.2, -0.15) is 5.10 Å². The Hall–Kier alpha value is -4.20. The number of hydrogen-bond acceptors (Lipinski definition) is 6. The number of benzene rings is 2. The number of hydrazone groups is 1. The summed E-state index contributed by atoms with van der Waals surface area (Å²) >= 11 is 0. The summed E-state index contributed by atoms with van der Waals surface area (Å²) in [5, 5.41) is 8.89. The quantitative estimate of drug-likeness (QED) is 0.567. The Balaban J connectivity index is 1.53. The molecule has 174 valence electrons. The van der Waals surface area contributed by atoms with Crippen molar-refractivity contribution in [3.63, 3.8) is 0 Å². The van der Waals surface area contributed by atoms with Crippen molar-refractivity contribution in [3.8, 4) is 11.5 Å². The fraction of sp³-hybridized carbons (Fsp3) is 0.231. The summed E-state index contributed by atoms with van der Waals surface area (Å²) in [7, 11) is 1.60. The van der Waals surface area contributed by atoms with E-state index in [0.717, 1.165) is 24.1 Å². The topological polar surface area (TPSA) is 93.1 Å². The Morgan fingerprint density at radius 1 is 1.06 bits per heavy atom. The molecule has 0 saturated heterocycles. The van der Waals surface area contributed by atoms with Gasteiger partial charge < -0.3 is 14.8 Å². The van der Waals surface area contributed by atoms with Gasteiger partial charge in [-0.3, -0.25) is 14.6 Å². The fourth-order valence-electron chi connectivity index (χ4n) is 3.69. The zero-order valence-corrected chi connectivity index (χ0v) is 19.2. The van der Waals surface area contributed by atoms with E-state index in [9.17, 15) is 9.59 Å².